The molecule has 9 heteroatoms. The molecule has 154 valence electrons. The largest absolute Gasteiger partial charge is 0.444 e. The van der Waals surface area contributed by atoms with Gasteiger partial charge in [-0.3, -0.25) is 10.3 Å². The molecule has 3 rings (SSSR count). The van der Waals surface area contributed by atoms with Crippen molar-refractivity contribution in [2.75, 3.05) is 24.8 Å². The summed E-state index contributed by atoms with van der Waals surface area (Å²) in [4.78, 5) is 16.9. The smallest absolute Gasteiger partial charge is 0.413 e. The number of halogens is 2. The van der Waals surface area contributed by atoms with Crippen molar-refractivity contribution < 1.29 is 23.0 Å². The Labute approximate surface area is 167 Å². The summed E-state index contributed by atoms with van der Waals surface area (Å²) in [6, 6.07) is 4.29. The minimum absolute atomic E-state index is 0.229. The standard InChI is InChI=1S/C19H25F2N3O3S/c1-18(2,3)27-17(25)23-16-24-19(12-8-11(22)4-5-14(12)21)6-7-26-15(9-20)13(19)10-28-16/h4-5,8,13,15H,6-7,9-10,22H2,1-3H3,(H,23,24,25)/t13-,15-,19-/m1/s1. The minimum atomic E-state index is -1.07. The Morgan fingerprint density at radius 1 is 1.50 bits per heavy atom. The van der Waals surface area contributed by atoms with Crippen molar-refractivity contribution >= 4 is 28.7 Å². The van der Waals surface area contributed by atoms with Gasteiger partial charge in [0, 0.05) is 35.9 Å². The topological polar surface area (TPSA) is 85.9 Å². The Kier molecular flexibility index (Phi) is 5.86. The number of nitrogens with zero attached hydrogens (tertiary/aromatic N) is 1. The molecule has 28 heavy (non-hydrogen) atoms. The SMILES string of the molecule is CC(C)(C)OC(=O)NC1=N[C@@]2(c3cc(N)ccc3F)CCO[C@H](CF)[C@H]2CS1. The summed E-state index contributed by atoms with van der Waals surface area (Å²) >= 11 is 1.26. The highest BCUT2D eigenvalue weighted by atomic mass is 32.2. The summed E-state index contributed by atoms with van der Waals surface area (Å²) in [7, 11) is 0. The maximum atomic E-state index is 14.8. The van der Waals surface area contributed by atoms with E-state index < -0.39 is 41.7 Å². The van der Waals surface area contributed by atoms with Gasteiger partial charge in [0.1, 0.15) is 18.1 Å². The molecule has 1 saturated heterocycles. The monoisotopic (exact) mass is 413 g/mol. The number of hydrogen-bond donors (Lipinski definition) is 2. The van der Waals surface area contributed by atoms with Crippen LogP contribution in [0.3, 0.4) is 0 Å². The molecule has 0 spiro atoms. The van der Waals surface area contributed by atoms with Crippen molar-refractivity contribution in [3.05, 3.63) is 29.6 Å². The molecule has 3 atom stereocenters. The molecule has 0 saturated carbocycles. The summed E-state index contributed by atoms with van der Waals surface area (Å²) in [5.74, 6) is -0.444. The first-order chi connectivity index (χ1) is 13.1. The first-order valence-electron chi connectivity index (χ1n) is 9.10. The van der Waals surface area contributed by atoms with E-state index >= 15 is 0 Å². The zero-order valence-corrected chi connectivity index (χ0v) is 16.9. The van der Waals surface area contributed by atoms with Crippen LogP contribution >= 0.6 is 11.8 Å². The highest BCUT2D eigenvalue weighted by Gasteiger charge is 2.51. The Hall–Kier alpha value is -1.87. The van der Waals surface area contributed by atoms with Crippen LogP contribution in [0, 0.1) is 11.7 Å². The second-order valence-electron chi connectivity index (χ2n) is 7.94. The lowest BCUT2D eigenvalue weighted by Gasteiger charge is -2.47. The van der Waals surface area contributed by atoms with Gasteiger partial charge < -0.3 is 15.2 Å². The maximum Gasteiger partial charge on any atom is 0.413 e. The van der Waals surface area contributed by atoms with Crippen LogP contribution in [0.25, 0.3) is 0 Å². The number of amides is 1. The van der Waals surface area contributed by atoms with Gasteiger partial charge in [0.25, 0.3) is 0 Å². The first kappa shape index (κ1) is 20.9. The molecule has 0 radical (unpaired) electrons. The third kappa shape index (κ3) is 4.25. The Morgan fingerprint density at radius 3 is 2.93 bits per heavy atom. The predicted octanol–water partition coefficient (Wildman–Crippen LogP) is 3.61. The van der Waals surface area contributed by atoms with Crippen molar-refractivity contribution in [1.29, 1.82) is 0 Å². The van der Waals surface area contributed by atoms with Crippen LogP contribution in [0.1, 0.15) is 32.8 Å². The lowest BCUT2D eigenvalue weighted by atomic mass is 9.72. The highest BCUT2D eigenvalue weighted by molar-refractivity contribution is 8.13. The number of benzene rings is 1. The molecule has 6 nitrogen and oxygen atoms in total. The van der Waals surface area contributed by atoms with Crippen LogP contribution in [-0.4, -0.2) is 42.0 Å². The summed E-state index contributed by atoms with van der Waals surface area (Å²) < 4.78 is 39.3. The number of nitrogens with one attached hydrogen (secondary N) is 1. The maximum absolute atomic E-state index is 14.8. The average Bonchev–Trinajstić information content (AvgIpc) is 2.61. The highest BCUT2D eigenvalue weighted by Crippen LogP contribution is 2.49. The number of alkyl carbamates (subject to hydrolysis) is 1. The average molecular weight is 413 g/mol. The molecule has 0 aliphatic carbocycles. The van der Waals surface area contributed by atoms with Crippen LogP contribution in [0.2, 0.25) is 0 Å². The number of alkyl halides is 1. The Balaban J connectivity index is 2.01. The molecule has 2 aliphatic rings. The molecule has 0 unspecified atom stereocenters. The number of nitrogens with two attached hydrogens (primary N) is 1. The van der Waals surface area contributed by atoms with Gasteiger partial charge >= 0.3 is 6.09 Å². The second kappa shape index (κ2) is 7.87. The van der Waals surface area contributed by atoms with E-state index in [1.807, 2.05) is 0 Å². The second-order valence-corrected chi connectivity index (χ2v) is 8.95. The Bertz CT molecular complexity index is 784. The zero-order valence-electron chi connectivity index (χ0n) is 16.1. The number of anilines is 1. The molecule has 0 aromatic heterocycles. The van der Waals surface area contributed by atoms with Crippen LogP contribution in [0.4, 0.5) is 19.3 Å². The number of fused-ring (bicyclic) bond motifs is 1. The molecule has 2 aliphatic heterocycles. The molecule has 2 heterocycles. The molecule has 1 amide bonds. The van der Waals surface area contributed by atoms with E-state index in [9.17, 15) is 13.6 Å². The summed E-state index contributed by atoms with van der Waals surface area (Å²) in [6.07, 6.45) is -0.988. The number of carbonyl (C=O) groups is 1. The van der Waals surface area contributed by atoms with Crippen LogP contribution < -0.4 is 11.1 Å². The van der Waals surface area contributed by atoms with Crippen molar-refractivity contribution in [3.63, 3.8) is 0 Å². The molecule has 1 aromatic rings. The fraction of sp³-hybridized carbons (Fsp3) is 0.579. The van der Waals surface area contributed by atoms with Gasteiger partial charge in [-0.05, 0) is 39.0 Å². The molecule has 1 fully saturated rings. The first-order valence-corrected chi connectivity index (χ1v) is 10.1. The minimum Gasteiger partial charge on any atom is -0.444 e. The van der Waals surface area contributed by atoms with Gasteiger partial charge in [-0.1, -0.05) is 11.8 Å². The van der Waals surface area contributed by atoms with Crippen LogP contribution in [-0.2, 0) is 15.0 Å². The van der Waals surface area contributed by atoms with Gasteiger partial charge in [-0.25, -0.2) is 13.6 Å². The molecule has 1 aromatic carbocycles. The predicted molar refractivity (Wildman–Crippen MR) is 106 cm³/mol. The fourth-order valence-corrected chi connectivity index (χ4v) is 4.83. The van der Waals surface area contributed by atoms with E-state index in [-0.39, 0.29) is 6.61 Å². The van der Waals surface area contributed by atoms with E-state index in [0.29, 0.717) is 28.6 Å². The number of hydrogen-bond acceptors (Lipinski definition) is 6. The van der Waals surface area contributed by atoms with E-state index in [4.69, 9.17) is 20.2 Å². The summed E-state index contributed by atoms with van der Waals surface area (Å²) in [6.45, 7) is 4.81. The number of ether oxygens (including phenoxy) is 2. The van der Waals surface area contributed by atoms with Gasteiger partial charge in [0.2, 0.25) is 0 Å². The number of nitrogen functional groups attached to an aromatic ring is 1. The van der Waals surface area contributed by atoms with Crippen molar-refractivity contribution in [3.8, 4) is 0 Å². The third-order valence-corrected chi connectivity index (χ3v) is 5.79. The van der Waals surface area contributed by atoms with E-state index in [0.717, 1.165) is 0 Å². The number of amidine groups is 1. The van der Waals surface area contributed by atoms with Crippen LogP contribution in [0.15, 0.2) is 23.2 Å². The quantitative estimate of drug-likeness (QED) is 0.724. The van der Waals surface area contributed by atoms with Crippen molar-refractivity contribution in [1.82, 2.24) is 5.32 Å². The van der Waals surface area contributed by atoms with Crippen molar-refractivity contribution in [2.45, 2.75) is 44.4 Å². The summed E-state index contributed by atoms with van der Waals surface area (Å²) in [5, 5.41) is 2.95. The lowest BCUT2D eigenvalue weighted by molar-refractivity contribution is -0.0715. The van der Waals surface area contributed by atoms with E-state index in [2.05, 4.69) is 5.32 Å². The van der Waals surface area contributed by atoms with Gasteiger partial charge in [0.15, 0.2) is 5.17 Å². The summed E-state index contributed by atoms with van der Waals surface area (Å²) in [5.41, 5.74) is 4.85. The zero-order chi connectivity index (χ0) is 20.5. The molecule has 3 N–H and O–H groups in total. The number of carbonyl (C=O) groups excluding carboxylic acids is 1. The molecular formula is C19H25F2N3O3S. The Morgan fingerprint density at radius 2 is 2.25 bits per heavy atom. The number of aliphatic imine (C=N–C) groups is 1. The number of thioether (sulfide) groups is 1. The molecule has 0 bridgehead atoms. The van der Waals surface area contributed by atoms with E-state index in [1.54, 1.807) is 20.8 Å². The third-order valence-electron chi connectivity index (χ3n) is 4.79. The normalized spacial score (nSPS) is 27.5. The van der Waals surface area contributed by atoms with Gasteiger partial charge in [-0.2, -0.15) is 0 Å². The van der Waals surface area contributed by atoms with Crippen molar-refractivity contribution in [2.24, 2.45) is 10.9 Å². The van der Waals surface area contributed by atoms with E-state index in [1.165, 1.54) is 30.0 Å². The molecular weight excluding hydrogens is 388 g/mol. The van der Waals surface area contributed by atoms with Crippen LogP contribution in [0.5, 0.6) is 0 Å². The fourth-order valence-electron chi connectivity index (χ4n) is 3.62. The lowest BCUT2D eigenvalue weighted by Crippen LogP contribution is -2.53. The van der Waals surface area contributed by atoms with Gasteiger partial charge in [-0.15, -0.1) is 0 Å². The van der Waals surface area contributed by atoms with Gasteiger partial charge in [0.05, 0.1) is 11.6 Å². The number of rotatable bonds is 2.